The predicted molar refractivity (Wildman–Crippen MR) is 147 cm³/mol. The van der Waals surface area contributed by atoms with Crippen LogP contribution in [0.25, 0.3) is 11.1 Å². The van der Waals surface area contributed by atoms with Gasteiger partial charge in [0.1, 0.15) is 11.4 Å². The minimum Gasteiger partial charge on any atom is -0.487 e. The molecule has 3 aliphatic rings. The summed E-state index contributed by atoms with van der Waals surface area (Å²) in [6.45, 7) is 12.0. The number of carbonyl (C=O) groups excluding carboxylic acids is 2. The second-order valence-electron chi connectivity index (χ2n) is 12.0. The topological polar surface area (TPSA) is 70.7 Å². The Kier molecular flexibility index (Phi) is 7.30. The molecule has 2 N–H and O–H groups in total. The smallest absolute Gasteiger partial charge is 0.251 e. The Hall–Kier alpha value is -2.86. The highest BCUT2D eigenvalue weighted by Gasteiger charge is 2.34. The monoisotopic (exact) mass is 503 g/mol. The number of benzene rings is 2. The largest absolute Gasteiger partial charge is 0.487 e. The van der Waals surface area contributed by atoms with Gasteiger partial charge in [-0.15, -0.1) is 0 Å². The highest BCUT2D eigenvalue weighted by Crippen LogP contribution is 2.43. The molecule has 3 aliphatic heterocycles. The van der Waals surface area contributed by atoms with E-state index in [9.17, 15) is 9.59 Å². The van der Waals surface area contributed by atoms with Crippen molar-refractivity contribution < 1.29 is 14.3 Å². The molecule has 0 bridgehead atoms. The predicted octanol–water partition coefficient (Wildman–Crippen LogP) is 4.94. The maximum absolute atomic E-state index is 13.3. The first kappa shape index (κ1) is 25.8. The van der Waals surface area contributed by atoms with Gasteiger partial charge >= 0.3 is 0 Å². The SMILES string of the molecule is CC1CC(C)C(CNC(=O)c2cc3c(c(-c4ccc(CN5CCCCC5)cc4)c2)OC(C)(C)C3)C(=O)N1. The molecule has 3 unspecified atom stereocenters. The van der Waals surface area contributed by atoms with Crippen LogP contribution in [0.3, 0.4) is 0 Å². The van der Waals surface area contributed by atoms with Crippen LogP contribution >= 0.6 is 0 Å². The number of carbonyl (C=O) groups is 2. The lowest BCUT2D eigenvalue weighted by Crippen LogP contribution is -2.50. The van der Waals surface area contributed by atoms with Gasteiger partial charge in [0.2, 0.25) is 5.91 Å². The number of amides is 2. The fourth-order valence-electron chi connectivity index (χ4n) is 6.21. The van der Waals surface area contributed by atoms with Gasteiger partial charge in [-0.3, -0.25) is 14.5 Å². The maximum atomic E-state index is 13.3. The number of piperidine rings is 2. The summed E-state index contributed by atoms with van der Waals surface area (Å²) in [7, 11) is 0. The maximum Gasteiger partial charge on any atom is 0.251 e. The molecule has 0 radical (unpaired) electrons. The number of nitrogens with one attached hydrogen (secondary N) is 2. The van der Waals surface area contributed by atoms with Gasteiger partial charge in [-0.05, 0) is 87.9 Å². The summed E-state index contributed by atoms with van der Waals surface area (Å²) in [6, 6.07) is 12.8. The summed E-state index contributed by atoms with van der Waals surface area (Å²) >= 11 is 0. The third-order valence-corrected chi connectivity index (χ3v) is 8.16. The molecule has 2 saturated heterocycles. The molecule has 5 rings (SSSR count). The van der Waals surface area contributed by atoms with Crippen LogP contribution in [0.4, 0.5) is 0 Å². The van der Waals surface area contributed by atoms with Gasteiger partial charge in [-0.1, -0.05) is 37.6 Å². The number of rotatable bonds is 6. The van der Waals surface area contributed by atoms with E-state index in [0.717, 1.165) is 41.8 Å². The highest BCUT2D eigenvalue weighted by molar-refractivity contribution is 5.97. The van der Waals surface area contributed by atoms with Gasteiger partial charge in [0, 0.05) is 36.7 Å². The quantitative estimate of drug-likeness (QED) is 0.586. The zero-order chi connectivity index (χ0) is 26.2. The zero-order valence-corrected chi connectivity index (χ0v) is 22.7. The molecule has 2 amide bonds. The molecular weight excluding hydrogens is 462 g/mol. The number of likely N-dealkylation sites (tertiary alicyclic amines) is 1. The third-order valence-electron chi connectivity index (χ3n) is 8.16. The summed E-state index contributed by atoms with van der Waals surface area (Å²) in [5, 5.41) is 6.06. The molecule has 0 aromatic heterocycles. The van der Waals surface area contributed by atoms with E-state index in [-0.39, 0.29) is 35.3 Å². The Morgan fingerprint density at radius 1 is 1.11 bits per heavy atom. The van der Waals surface area contributed by atoms with E-state index in [1.54, 1.807) is 0 Å². The Labute approximate surface area is 221 Å². The minimum absolute atomic E-state index is 0.0287. The average molecular weight is 504 g/mol. The van der Waals surface area contributed by atoms with E-state index in [4.69, 9.17) is 4.74 Å². The van der Waals surface area contributed by atoms with Crippen molar-refractivity contribution in [3.63, 3.8) is 0 Å². The Balaban J connectivity index is 1.36. The van der Waals surface area contributed by atoms with Crippen LogP contribution in [0.15, 0.2) is 36.4 Å². The van der Waals surface area contributed by atoms with Crippen LogP contribution in [0.1, 0.15) is 74.9 Å². The molecule has 2 aromatic carbocycles. The number of fused-ring (bicyclic) bond motifs is 1. The van der Waals surface area contributed by atoms with Gasteiger partial charge in [0.15, 0.2) is 0 Å². The van der Waals surface area contributed by atoms with Gasteiger partial charge < -0.3 is 15.4 Å². The summed E-state index contributed by atoms with van der Waals surface area (Å²) in [6.07, 6.45) is 5.59. The lowest BCUT2D eigenvalue weighted by atomic mass is 9.84. The van der Waals surface area contributed by atoms with E-state index in [0.29, 0.717) is 12.1 Å². The second kappa shape index (κ2) is 10.5. The van der Waals surface area contributed by atoms with Crippen molar-refractivity contribution in [3.05, 3.63) is 53.1 Å². The van der Waals surface area contributed by atoms with Crippen LogP contribution in [0, 0.1) is 11.8 Å². The van der Waals surface area contributed by atoms with Crippen molar-refractivity contribution in [3.8, 4) is 16.9 Å². The fourth-order valence-corrected chi connectivity index (χ4v) is 6.21. The van der Waals surface area contributed by atoms with Crippen molar-refractivity contribution >= 4 is 11.8 Å². The number of hydrogen-bond acceptors (Lipinski definition) is 4. The lowest BCUT2D eigenvalue weighted by molar-refractivity contribution is -0.129. The molecule has 0 spiro atoms. The van der Waals surface area contributed by atoms with E-state index in [1.165, 1.54) is 37.9 Å². The first-order chi connectivity index (χ1) is 17.7. The van der Waals surface area contributed by atoms with Gasteiger partial charge in [-0.25, -0.2) is 0 Å². The number of hydrogen-bond donors (Lipinski definition) is 2. The summed E-state index contributed by atoms with van der Waals surface area (Å²) in [5.41, 5.74) is 4.68. The standard InChI is InChI=1S/C31H41N3O3/c1-20-14-21(2)33-30(36)27(20)18-32-29(35)24-15-25-17-31(3,4)37-28(25)26(16-24)23-10-8-22(9-11-23)19-34-12-6-5-7-13-34/h8-11,15-16,20-21,27H,5-7,12-14,17-19H2,1-4H3,(H,32,35)(H,33,36). The van der Waals surface area contributed by atoms with E-state index in [1.807, 2.05) is 19.1 Å². The van der Waals surface area contributed by atoms with Crippen LogP contribution in [0.2, 0.25) is 0 Å². The Morgan fingerprint density at radius 2 is 1.84 bits per heavy atom. The van der Waals surface area contributed by atoms with Crippen molar-refractivity contribution in [1.82, 2.24) is 15.5 Å². The van der Waals surface area contributed by atoms with Crippen molar-refractivity contribution in [2.24, 2.45) is 11.8 Å². The average Bonchev–Trinajstić information content (AvgIpc) is 3.17. The first-order valence-electron chi connectivity index (χ1n) is 13.9. The third kappa shape index (κ3) is 5.85. The Morgan fingerprint density at radius 3 is 2.54 bits per heavy atom. The first-order valence-corrected chi connectivity index (χ1v) is 13.9. The van der Waals surface area contributed by atoms with Gasteiger partial charge in [0.05, 0.1) is 5.92 Å². The minimum atomic E-state index is -0.313. The molecule has 2 fully saturated rings. The number of ether oxygens (including phenoxy) is 1. The normalized spacial score (nSPS) is 25.2. The number of nitrogens with zero attached hydrogens (tertiary/aromatic N) is 1. The molecule has 198 valence electrons. The molecule has 6 heteroatoms. The molecule has 6 nitrogen and oxygen atoms in total. The fraction of sp³-hybridized carbons (Fsp3) is 0.548. The lowest BCUT2D eigenvalue weighted by Gasteiger charge is -2.32. The molecule has 3 heterocycles. The molecule has 0 aliphatic carbocycles. The van der Waals surface area contributed by atoms with E-state index in [2.05, 4.69) is 60.6 Å². The van der Waals surface area contributed by atoms with Gasteiger partial charge in [-0.2, -0.15) is 0 Å². The van der Waals surface area contributed by atoms with Crippen LogP contribution in [0.5, 0.6) is 5.75 Å². The molecular formula is C31H41N3O3. The Bertz CT molecular complexity index is 1150. The molecule has 3 atom stereocenters. The van der Waals surface area contributed by atoms with Crippen LogP contribution < -0.4 is 15.4 Å². The molecule has 37 heavy (non-hydrogen) atoms. The summed E-state index contributed by atoms with van der Waals surface area (Å²) < 4.78 is 6.37. The zero-order valence-electron chi connectivity index (χ0n) is 22.7. The van der Waals surface area contributed by atoms with Crippen molar-refractivity contribution in [2.75, 3.05) is 19.6 Å². The van der Waals surface area contributed by atoms with Crippen LogP contribution in [-0.4, -0.2) is 48.0 Å². The van der Waals surface area contributed by atoms with Crippen molar-refractivity contribution in [2.45, 2.75) is 78.0 Å². The van der Waals surface area contributed by atoms with Gasteiger partial charge in [0.25, 0.3) is 5.91 Å². The van der Waals surface area contributed by atoms with E-state index >= 15 is 0 Å². The summed E-state index contributed by atoms with van der Waals surface area (Å²) in [5.74, 6) is 0.788. The van der Waals surface area contributed by atoms with Crippen LogP contribution in [-0.2, 0) is 17.8 Å². The molecule has 2 aromatic rings. The second-order valence-corrected chi connectivity index (χ2v) is 12.0. The van der Waals surface area contributed by atoms with Crippen molar-refractivity contribution in [1.29, 1.82) is 0 Å². The molecule has 0 saturated carbocycles. The highest BCUT2D eigenvalue weighted by atomic mass is 16.5. The summed E-state index contributed by atoms with van der Waals surface area (Å²) in [4.78, 5) is 28.3. The van der Waals surface area contributed by atoms with E-state index < -0.39 is 0 Å².